The third kappa shape index (κ3) is 4.29. The molecule has 0 aliphatic heterocycles. The molecule has 126 valence electrons. The molecule has 0 spiro atoms. The van der Waals surface area contributed by atoms with Gasteiger partial charge < -0.3 is 9.88 Å². The summed E-state index contributed by atoms with van der Waals surface area (Å²) in [5, 5.41) is 3.90. The third-order valence-electron chi connectivity index (χ3n) is 3.63. The van der Waals surface area contributed by atoms with Gasteiger partial charge in [0.25, 0.3) is 11.5 Å². The van der Waals surface area contributed by atoms with Crippen LogP contribution in [0.2, 0.25) is 10.0 Å². The minimum Gasteiger partial charge on any atom is -0.322 e. The lowest BCUT2D eigenvalue weighted by Crippen LogP contribution is -2.29. The number of rotatable bonds is 4. The second kappa shape index (κ2) is 7.55. The average Bonchev–Trinajstić information content (AvgIpc) is 2.60. The van der Waals surface area contributed by atoms with Gasteiger partial charge in [0.1, 0.15) is 5.56 Å². The maximum Gasteiger partial charge on any atom is 0.263 e. The smallest absolute Gasteiger partial charge is 0.263 e. The number of aromatic nitrogens is 1. The Bertz CT molecular complexity index is 948. The molecule has 0 fully saturated rings. The number of hydrogen-bond donors (Lipinski definition) is 1. The molecule has 0 aliphatic rings. The molecule has 1 aromatic heterocycles. The van der Waals surface area contributed by atoms with Crippen LogP contribution >= 0.6 is 23.2 Å². The quantitative estimate of drug-likeness (QED) is 0.734. The summed E-state index contributed by atoms with van der Waals surface area (Å²) in [6, 6.07) is 17.1. The van der Waals surface area contributed by atoms with Crippen LogP contribution in [0.5, 0.6) is 0 Å². The molecule has 1 amide bonds. The summed E-state index contributed by atoms with van der Waals surface area (Å²) in [5.41, 5.74) is 1.21. The number of anilines is 1. The number of halogens is 2. The number of carbonyl (C=O) groups excluding carboxylic acids is 1. The van der Waals surface area contributed by atoms with Crippen molar-refractivity contribution in [2.75, 3.05) is 5.32 Å². The number of benzene rings is 2. The van der Waals surface area contributed by atoms with Gasteiger partial charge >= 0.3 is 0 Å². The third-order valence-corrected chi connectivity index (χ3v) is 4.14. The predicted molar refractivity (Wildman–Crippen MR) is 101 cm³/mol. The highest BCUT2D eigenvalue weighted by atomic mass is 35.5. The van der Waals surface area contributed by atoms with E-state index in [0.717, 1.165) is 5.56 Å². The van der Waals surface area contributed by atoms with E-state index >= 15 is 0 Å². The van der Waals surface area contributed by atoms with Gasteiger partial charge in [-0.05, 0) is 54.1 Å². The van der Waals surface area contributed by atoms with Crippen molar-refractivity contribution < 1.29 is 4.79 Å². The standard InChI is InChI=1S/C19H14Cl2N2O2/c20-14-5-3-13(4-6-14)12-23-11-1-2-17(19(23)25)18(24)22-16-9-7-15(21)8-10-16/h1-11H,12H2,(H,22,24). The van der Waals surface area contributed by atoms with E-state index in [9.17, 15) is 9.59 Å². The van der Waals surface area contributed by atoms with Gasteiger partial charge in [0, 0.05) is 21.9 Å². The molecular formula is C19H14Cl2N2O2. The number of nitrogens with zero attached hydrogens (tertiary/aromatic N) is 1. The zero-order valence-electron chi connectivity index (χ0n) is 13.1. The molecule has 0 unspecified atom stereocenters. The lowest BCUT2D eigenvalue weighted by Gasteiger charge is -2.09. The summed E-state index contributed by atoms with van der Waals surface area (Å²) in [6.45, 7) is 0.359. The maximum absolute atomic E-state index is 12.6. The Kier molecular flexibility index (Phi) is 5.22. The largest absolute Gasteiger partial charge is 0.322 e. The van der Waals surface area contributed by atoms with Crippen molar-refractivity contribution in [1.82, 2.24) is 4.57 Å². The lowest BCUT2D eigenvalue weighted by atomic mass is 10.2. The number of nitrogens with one attached hydrogen (secondary N) is 1. The van der Waals surface area contributed by atoms with Crippen molar-refractivity contribution in [3.63, 3.8) is 0 Å². The number of carbonyl (C=O) groups is 1. The zero-order chi connectivity index (χ0) is 17.8. The highest BCUT2D eigenvalue weighted by Crippen LogP contribution is 2.14. The molecule has 2 aromatic carbocycles. The van der Waals surface area contributed by atoms with Gasteiger partial charge in [-0.1, -0.05) is 35.3 Å². The summed E-state index contributed by atoms with van der Waals surface area (Å²) in [6.07, 6.45) is 1.65. The van der Waals surface area contributed by atoms with E-state index in [1.807, 2.05) is 12.1 Å². The van der Waals surface area contributed by atoms with E-state index in [-0.39, 0.29) is 11.1 Å². The van der Waals surface area contributed by atoms with Crippen LogP contribution in [-0.2, 0) is 6.54 Å². The van der Waals surface area contributed by atoms with Crippen molar-refractivity contribution in [3.05, 3.63) is 98.4 Å². The van der Waals surface area contributed by atoms with Crippen molar-refractivity contribution in [2.24, 2.45) is 0 Å². The molecular weight excluding hydrogens is 359 g/mol. The first-order chi connectivity index (χ1) is 12.0. The molecule has 3 aromatic rings. The Labute approximate surface area is 154 Å². The first-order valence-corrected chi connectivity index (χ1v) is 8.29. The van der Waals surface area contributed by atoms with Crippen LogP contribution in [0, 0.1) is 0 Å². The van der Waals surface area contributed by atoms with Crippen molar-refractivity contribution >= 4 is 34.8 Å². The van der Waals surface area contributed by atoms with Crippen LogP contribution in [0.1, 0.15) is 15.9 Å². The SMILES string of the molecule is O=C(Nc1ccc(Cl)cc1)c1cccn(Cc2ccc(Cl)cc2)c1=O. The molecule has 4 nitrogen and oxygen atoms in total. The molecule has 6 heteroatoms. The topological polar surface area (TPSA) is 51.1 Å². The van der Waals surface area contributed by atoms with E-state index in [4.69, 9.17) is 23.2 Å². The Hall–Kier alpha value is -2.56. The summed E-state index contributed by atoms with van der Waals surface area (Å²) < 4.78 is 1.49. The van der Waals surface area contributed by atoms with Crippen LogP contribution in [0.15, 0.2) is 71.7 Å². The van der Waals surface area contributed by atoms with Crippen molar-refractivity contribution in [1.29, 1.82) is 0 Å². The van der Waals surface area contributed by atoms with Gasteiger partial charge in [0.15, 0.2) is 0 Å². The van der Waals surface area contributed by atoms with Crippen LogP contribution in [0.3, 0.4) is 0 Å². The van der Waals surface area contributed by atoms with Gasteiger partial charge in [-0.25, -0.2) is 0 Å². The Morgan fingerprint density at radius 3 is 2.16 bits per heavy atom. The minimum absolute atomic E-state index is 0.0754. The van der Waals surface area contributed by atoms with Gasteiger partial charge in [-0.3, -0.25) is 9.59 Å². The summed E-state index contributed by atoms with van der Waals surface area (Å²) >= 11 is 11.7. The van der Waals surface area contributed by atoms with Crippen molar-refractivity contribution in [2.45, 2.75) is 6.54 Å². The first kappa shape index (κ1) is 17.3. The molecule has 1 N–H and O–H groups in total. The highest BCUT2D eigenvalue weighted by molar-refractivity contribution is 6.30. The van der Waals surface area contributed by atoms with Crippen LogP contribution in [0.4, 0.5) is 5.69 Å². The minimum atomic E-state index is -0.460. The molecule has 0 atom stereocenters. The summed E-state index contributed by atoms with van der Waals surface area (Å²) in [4.78, 5) is 25.0. The van der Waals surface area contributed by atoms with Gasteiger partial charge in [-0.15, -0.1) is 0 Å². The van der Waals surface area contributed by atoms with Crippen molar-refractivity contribution in [3.8, 4) is 0 Å². The van der Waals surface area contributed by atoms with Crippen LogP contribution in [-0.4, -0.2) is 10.5 Å². The van der Waals surface area contributed by atoms with Gasteiger partial charge in [-0.2, -0.15) is 0 Å². The van der Waals surface area contributed by atoms with Crippen LogP contribution < -0.4 is 10.9 Å². The predicted octanol–water partition coefficient (Wildman–Crippen LogP) is 4.46. The molecule has 0 bridgehead atoms. The second-order valence-electron chi connectivity index (χ2n) is 5.44. The fourth-order valence-electron chi connectivity index (χ4n) is 2.35. The Morgan fingerprint density at radius 1 is 0.920 bits per heavy atom. The van der Waals surface area contributed by atoms with E-state index < -0.39 is 5.91 Å². The normalized spacial score (nSPS) is 10.5. The monoisotopic (exact) mass is 372 g/mol. The number of amides is 1. The Morgan fingerprint density at radius 2 is 1.52 bits per heavy atom. The Balaban J connectivity index is 1.82. The second-order valence-corrected chi connectivity index (χ2v) is 6.32. The molecule has 1 heterocycles. The molecule has 3 rings (SSSR count). The zero-order valence-corrected chi connectivity index (χ0v) is 14.6. The fourth-order valence-corrected chi connectivity index (χ4v) is 2.60. The lowest BCUT2D eigenvalue weighted by molar-refractivity contribution is 0.102. The fraction of sp³-hybridized carbons (Fsp3) is 0.0526. The average molecular weight is 373 g/mol. The maximum atomic E-state index is 12.6. The molecule has 0 saturated heterocycles. The summed E-state index contributed by atoms with van der Waals surface area (Å²) in [5.74, 6) is -0.460. The number of pyridine rings is 1. The van der Waals surface area contributed by atoms with E-state index in [1.54, 1.807) is 48.7 Å². The van der Waals surface area contributed by atoms with Gasteiger partial charge in [0.2, 0.25) is 0 Å². The van der Waals surface area contributed by atoms with E-state index in [0.29, 0.717) is 22.3 Å². The summed E-state index contributed by atoms with van der Waals surface area (Å²) in [7, 11) is 0. The van der Waals surface area contributed by atoms with E-state index in [1.165, 1.54) is 10.6 Å². The molecule has 0 radical (unpaired) electrons. The highest BCUT2D eigenvalue weighted by Gasteiger charge is 2.12. The number of hydrogen-bond acceptors (Lipinski definition) is 2. The van der Waals surface area contributed by atoms with Gasteiger partial charge in [0.05, 0.1) is 6.54 Å². The van der Waals surface area contributed by atoms with E-state index in [2.05, 4.69) is 5.32 Å². The first-order valence-electron chi connectivity index (χ1n) is 7.54. The molecule has 0 aliphatic carbocycles. The molecule has 0 saturated carbocycles. The molecule has 25 heavy (non-hydrogen) atoms. The van der Waals surface area contributed by atoms with Crippen LogP contribution in [0.25, 0.3) is 0 Å².